The fourth-order valence-corrected chi connectivity index (χ4v) is 4.59. The monoisotopic (exact) mass is 386 g/mol. The highest BCUT2D eigenvalue weighted by molar-refractivity contribution is 5.65. The third kappa shape index (κ3) is 3.37. The second kappa shape index (κ2) is 7.17. The number of epoxide rings is 1. The fraction of sp³-hybridized carbons (Fsp3) is 0.619. The Hall–Kier alpha value is -2.46. The predicted molar refractivity (Wildman–Crippen MR) is 99.9 cm³/mol. The van der Waals surface area contributed by atoms with Gasteiger partial charge in [-0.2, -0.15) is 5.26 Å². The summed E-state index contributed by atoms with van der Waals surface area (Å²) in [7, 11) is 1.63. The molecule has 150 valence electrons. The van der Waals surface area contributed by atoms with Crippen molar-refractivity contribution in [1.82, 2.24) is 0 Å². The van der Waals surface area contributed by atoms with E-state index in [0.29, 0.717) is 37.2 Å². The lowest BCUT2D eigenvalue weighted by atomic mass is 9.67. The van der Waals surface area contributed by atoms with Gasteiger partial charge >= 0.3 is 6.09 Å². The first-order chi connectivity index (χ1) is 13.5. The summed E-state index contributed by atoms with van der Waals surface area (Å²) in [5.74, 6) is 1.40. The third-order valence-corrected chi connectivity index (χ3v) is 6.41. The number of hydrogen-bond acceptors (Lipinski definition) is 6. The lowest BCUT2D eigenvalue weighted by Gasteiger charge is -2.34. The molecule has 7 nitrogen and oxygen atoms in total. The summed E-state index contributed by atoms with van der Waals surface area (Å²) < 4.78 is 22.3. The van der Waals surface area contributed by atoms with Gasteiger partial charge in [0.15, 0.2) is 11.5 Å². The van der Waals surface area contributed by atoms with E-state index in [4.69, 9.17) is 24.7 Å². The van der Waals surface area contributed by atoms with Crippen molar-refractivity contribution in [3.8, 4) is 17.6 Å². The van der Waals surface area contributed by atoms with Crippen molar-refractivity contribution in [2.45, 2.75) is 74.8 Å². The Morgan fingerprint density at radius 1 is 1.21 bits per heavy atom. The van der Waals surface area contributed by atoms with Gasteiger partial charge in [0.25, 0.3) is 0 Å². The maximum Gasteiger partial charge on any atom is 0.406 e. The molecule has 28 heavy (non-hydrogen) atoms. The van der Waals surface area contributed by atoms with Crippen LogP contribution < -0.4 is 15.2 Å². The standard InChI is InChI=1S/C21H26N2O5/c1-25-16-7-6-14(12-17(16)26-15-4-2-3-5-15)20(13-22)8-10-21(11-9-20)18(28-21)27-19(23)24/h6-7,12,15,18H,2-5,8-11H2,1H3,(H2,23,24). The summed E-state index contributed by atoms with van der Waals surface area (Å²) in [6.45, 7) is 0. The molecule has 1 aromatic carbocycles. The van der Waals surface area contributed by atoms with Crippen LogP contribution in [0.15, 0.2) is 18.2 Å². The van der Waals surface area contributed by atoms with Crippen LogP contribution in [0.5, 0.6) is 11.5 Å². The van der Waals surface area contributed by atoms with Crippen LogP contribution in [0, 0.1) is 11.3 Å². The Bertz CT molecular complexity index is 788. The molecule has 3 aliphatic rings. The summed E-state index contributed by atoms with van der Waals surface area (Å²) in [6, 6.07) is 8.33. The quantitative estimate of drug-likeness (QED) is 0.776. The van der Waals surface area contributed by atoms with Crippen molar-refractivity contribution >= 4 is 6.09 Å². The summed E-state index contributed by atoms with van der Waals surface area (Å²) >= 11 is 0. The van der Waals surface area contributed by atoms with Crippen LogP contribution in [0.2, 0.25) is 0 Å². The van der Waals surface area contributed by atoms with Crippen LogP contribution >= 0.6 is 0 Å². The maximum atomic E-state index is 11.0. The van der Waals surface area contributed by atoms with E-state index in [9.17, 15) is 10.1 Å². The van der Waals surface area contributed by atoms with Crippen molar-refractivity contribution < 1.29 is 23.7 Å². The van der Waals surface area contributed by atoms with Crippen LogP contribution in [0.25, 0.3) is 0 Å². The number of amides is 1. The molecule has 1 heterocycles. The Balaban J connectivity index is 1.52. The SMILES string of the molecule is COc1ccc(C2(C#N)CCC3(CC2)OC3OC(N)=O)cc1OC1CCCC1. The summed E-state index contributed by atoms with van der Waals surface area (Å²) in [5.41, 5.74) is 4.92. The Morgan fingerprint density at radius 2 is 1.93 bits per heavy atom. The minimum absolute atomic E-state index is 0.211. The van der Waals surface area contributed by atoms with E-state index in [2.05, 4.69) is 6.07 Å². The molecule has 1 aromatic rings. The van der Waals surface area contributed by atoms with E-state index in [-0.39, 0.29) is 6.10 Å². The van der Waals surface area contributed by atoms with E-state index < -0.39 is 23.4 Å². The number of methoxy groups -OCH3 is 1. The summed E-state index contributed by atoms with van der Waals surface area (Å²) in [5, 5.41) is 10.0. The lowest BCUT2D eigenvalue weighted by molar-refractivity contribution is 0.100. The van der Waals surface area contributed by atoms with Crippen molar-refractivity contribution in [2.24, 2.45) is 5.73 Å². The van der Waals surface area contributed by atoms with Crippen LogP contribution in [-0.4, -0.2) is 31.2 Å². The molecule has 1 amide bonds. The van der Waals surface area contributed by atoms with Crippen molar-refractivity contribution in [2.75, 3.05) is 7.11 Å². The molecule has 2 N–H and O–H groups in total. The van der Waals surface area contributed by atoms with Crippen LogP contribution in [0.4, 0.5) is 4.79 Å². The minimum Gasteiger partial charge on any atom is -0.493 e. The number of rotatable bonds is 5. The Kier molecular flexibility index (Phi) is 4.84. The number of carbonyl (C=O) groups is 1. The number of ether oxygens (including phenoxy) is 4. The molecular formula is C21H26N2O5. The Morgan fingerprint density at radius 3 is 2.54 bits per heavy atom. The number of nitriles is 1. The van der Waals surface area contributed by atoms with E-state index in [1.165, 1.54) is 12.8 Å². The highest BCUT2D eigenvalue weighted by Crippen LogP contribution is 2.54. The van der Waals surface area contributed by atoms with Crippen molar-refractivity contribution in [1.29, 1.82) is 5.26 Å². The average Bonchev–Trinajstić information content (AvgIpc) is 3.10. The number of benzene rings is 1. The second-order valence-corrected chi connectivity index (χ2v) is 8.04. The average molecular weight is 386 g/mol. The van der Waals surface area contributed by atoms with Gasteiger partial charge in [0, 0.05) is 0 Å². The van der Waals surface area contributed by atoms with Crippen LogP contribution in [-0.2, 0) is 14.9 Å². The topological polar surface area (TPSA) is 107 Å². The molecule has 0 aromatic heterocycles. The summed E-state index contributed by atoms with van der Waals surface area (Å²) in [4.78, 5) is 11.0. The normalized spacial score (nSPS) is 31.9. The first-order valence-corrected chi connectivity index (χ1v) is 9.91. The van der Waals surface area contributed by atoms with Gasteiger partial charge in [-0.15, -0.1) is 0 Å². The highest BCUT2D eigenvalue weighted by atomic mass is 16.8. The third-order valence-electron chi connectivity index (χ3n) is 6.41. The van der Waals surface area contributed by atoms with Crippen LogP contribution in [0.1, 0.15) is 56.9 Å². The number of nitrogens with zero attached hydrogens (tertiary/aromatic N) is 1. The molecule has 2 saturated carbocycles. The molecule has 1 saturated heterocycles. The van der Waals surface area contributed by atoms with E-state index in [1.54, 1.807) is 7.11 Å². The number of hydrogen-bond donors (Lipinski definition) is 1. The zero-order valence-corrected chi connectivity index (χ0v) is 16.1. The summed E-state index contributed by atoms with van der Waals surface area (Å²) in [6.07, 6.45) is 5.80. The minimum atomic E-state index is -0.831. The van der Waals surface area contributed by atoms with Gasteiger partial charge in [-0.1, -0.05) is 6.07 Å². The molecule has 1 unspecified atom stereocenters. The number of nitrogens with two attached hydrogens (primary N) is 1. The maximum absolute atomic E-state index is 11.0. The predicted octanol–water partition coefficient (Wildman–Crippen LogP) is 3.54. The molecule has 1 spiro atoms. The molecular weight excluding hydrogens is 360 g/mol. The molecule has 2 aliphatic carbocycles. The molecule has 1 aliphatic heterocycles. The molecule has 3 fully saturated rings. The molecule has 0 bridgehead atoms. The first kappa shape index (κ1) is 18.9. The van der Waals surface area contributed by atoms with Gasteiger partial charge in [0.2, 0.25) is 6.29 Å². The smallest absolute Gasteiger partial charge is 0.406 e. The van der Waals surface area contributed by atoms with Gasteiger partial charge in [-0.3, -0.25) is 0 Å². The van der Waals surface area contributed by atoms with Crippen molar-refractivity contribution in [3.05, 3.63) is 23.8 Å². The van der Waals surface area contributed by atoms with E-state index in [0.717, 1.165) is 18.4 Å². The zero-order chi connectivity index (χ0) is 19.8. The Labute approximate surface area is 164 Å². The van der Waals surface area contributed by atoms with Gasteiger partial charge in [0.1, 0.15) is 5.60 Å². The highest BCUT2D eigenvalue weighted by Gasteiger charge is 2.62. The number of primary amides is 1. The van der Waals surface area contributed by atoms with Crippen molar-refractivity contribution in [3.63, 3.8) is 0 Å². The fourth-order valence-electron chi connectivity index (χ4n) is 4.59. The van der Waals surface area contributed by atoms with Crippen LogP contribution in [0.3, 0.4) is 0 Å². The first-order valence-electron chi connectivity index (χ1n) is 9.91. The molecule has 4 rings (SSSR count). The molecule has 0 radical (unpaired) electrons. The molecule has 7 heteroatoms. The zero-order valence-electron chi connectivity index (χ0n) is 16.1. The lowest BCUT2D eigenvalue weighted by Crippen LogP contribution is -2.36. The van der Waals surface area contributed by atoms with E-state index >= 15 is 0 Å². The molecule has 1 atom stereocenters. The van der Waals surface area contributed by atoms with Gasteiger partial charge in [-0.05, 0) is 69.1 Å². The van der Waals surface area contributed by atoms with Gasteiger partial charge in [0.05, 0.1) is 24.7 Å². The second-order valence-electron chi connectivity index (χ2n) is 8.04. The van der Waals surface area contributed by atoms with E-state index in [1.807, 2.05) is 18.2 Å². The largest absolute Gasteiger partial charge is 0.493 e. The van der Waals surface area contributed by atoms with Gasteiger partial charge < -0.3 is 24.7 Å². The number of carbonyl (C=O) groups excluding carboxylic acids is 1. The van der Waals surface area contributed by atoms with Gasteiger partial charge in [-0.25, -0.2) is 4.79 Å².